The van der Waals surface area contributed by atoms with Crippen LogP contribution < -0.4 is 0 Å². The Morgan fingerprint density at radius 1 is 1.00 bits per heavy atom. The second-order valence-corrected chi connectivity index (χ2v) is 6.19. The fourth-order valence-corrected chi connectivity index (χ4v) is 2.37. The summed E-state index contributed by atoms with van der Waals surface area (Å²) in [7, 11) is 0. The van der Waals surface area contributed by atoms with Gasteiger partial charge in [-0.05, 0) is 36.8 Å². The molecule has 3 nitrogen and oxygen atoms in total. The van der Waals surface area contributed by atoms with Crippen LogP contribution in [0.25, 0.3) is 5.69 Å². The van der Waals surface area contributed by atoms with Crippen molar-refractivity contribution in [1.29, 1.82) is 0 Å². The number of para-hydroxylation sites is 1. The van der Waals surface area contributed by atoms with Gasteiger partial charge in [-0.15, -0.1) is 0 Å². The Kier molecular flexibility index (Phi) is 4.48. The van der Waals surface area contributed by atoms with E-state index in [9.17, 15) is 5.11 Å². The number of aromatic hydroxyl groups is 1. The van der Waals surface area contributed by atoms with Gasteiger partial charge in [0.05, 0.1) is 11.4 Å². The monoisotopic (exact) mass is 272 g/mol. The minimum absolute atomic E-state index is 0.372. The highest BCUT2D eigenvalue weighted by atomic mass is 16.3. The Morgan fingerprint density at radius 3 is 2.15 bits per heavy atom. The molecule has 0 unspecified atom stereocenters. The van der Waals surface area contributed by atoms with E-state index in [1.165, 1.54) is 0 Å². The molecule has 0 saturated carbocycles. The predicted molar refractivity (Wildman–Crippen MR) is 82.3 cm³/mol. The zero-order valence-corrected chi connectivity index (χ0v) is 12.8. The minimum Gasteiger partial charge on any atom is -0.504 e. The lowest BCUT2D eigenvalue weighted by Gasteiger charge is -2.09. The molecule has 108 valence electrons. The maximum absolute atomic E-state index is 10.5. The Hall–Kier alpha value is -1.77. The summed E-state index contributed by atoms with van der Waals surface area (Å²) in [6.07, 6.45) is 1.63. The van der Waals surface area contributed by atoms with E-state index < -0.39 is 0 Å². The molecule has 0 atom stereocenters. The lowest BCUT2D eigenvalue weighted by Crippen LogP contribution is -2.05. The quantitative estimate of drug-likeness (QED) is 0.894. The third kappa shape index (κ3) is 3.21. The van der Waals surface area contributed by atoms with Crippen molar-refractivity contribution in [1.82, 2.24) is 9.78 Å². The summed E-state index contributed by atoms with van der Waals surface area (Å²) >= 11 is 0. The largest absolute Gasteiger partial charge is 0.504 e. The zero-order valence-electron chi connectivity index (χ0n) is 12.8. The van der Waals surface area contributed by atoms with Gasteiger partial charge in [0.2, 0.25) is 0 Å². The molecule has 20 heavy (non-hydrogen) atoms. The van der Waals surface area contributed by atoms with E-state index in [4.69, 9.17) is 0 Å². The van der Waals surface area contributed by atoms with Gasteiger partial charge in [-0.25, -0.2) is 4.68 Å². The third-order valence-corrected chi connectivity index (χ3v) is 3.23. The van der Waals surface area contributed by atoms with Crippen molar-refractivity contribution in [2.75, 3.05) is 0 Å². The summed E-state index contributed by atoms with van der Waals surface area (Å²) in [6, 6.07) is 10.0. The molecule has 2 rings (SSSR count). The molecule has 0 radical (unpaired) electrons. The van der Waals surface area contributed by atoms with E-state index in [0.717, 1.165) is 29.9 Å². The van der Waals surface area contributed by atoms with Crippen molar-refractivity contribution in [3.05, 3.63) is 41.7 Å². The van der Waals surface area contributed by atoms with Crippen LogP contribution in [-0.4, -0.2) is 14.9 Å². The lowest BCUT2D eigenvalue weighted by molar-refractivity contribution is 0.450. The summed E-state index contributed by atoms with van der Waals surface area (Å²) in [5, 5.41) is 15.1. The van der Waals surface area contributed by atoms with E-state index in [2.05, 4.69) is 32.8 Å². The van der Waals surface area contributed by atoms with Gasteiger partial charge in [-0.3, -0.25) is 0 Å². The van der Waals surface area contributed by atoms with E-state index in [1.807, 2.05) is 35.0 Å². The molecular weight excluding hydrogens is 248 g/mol. The van der Waals surface area contributed by atoms with Gasteiger partial charge in [0, 0.05) is 0 Å². The Labute approximate surface area is 121 Å². The SMILES string of the molecule is CC(C)Cc1nn(-c2ccccc2)c(CC(C)C)c1O. The molecule has 0 spiro atoms. The van der Waals surface area contributed by atoms with Crippen LogP contribution in [0, 0.1) is 11.8 Å². The van der Waals surface area contributed by atoms with Crippen molar-refractivity contribution < 1.29 is 5.11 Å². The van der Waals surface area contributed by atoms with Gasteiger partial charge < -0.3 is 5.11 Å². The Morgan fingerprint density at radius 2 is 1.60 bits per heavy atom. The number of benzene rings is 1. The molecule has 3 heteroatoms. The molecule has 1 heterocycles. The highest BCUT2D eigenvalue weighted by Crippen LogP contribution is 2.29. The average molecular weight is 272 g/mol. The van der Waals surface area contributed by atoms with Crippen LogP contribution in [0.15, 0.2) is 30.3 Å². The van der Waals surface area contributed by atoms with Crippen LogP contribution in [0.3, 0.4) is 0 Å². The normalized spacial score (nSPS) is 11.5. The fourth-order valence-electron chi connectivity index (χ4n) is 2.37. The van der Waals surface area contributed by atoms with Gasteiger partial charge in [0.25, 0.3) is 0 Å². The second-order valence-electron chi connectivity index (χ2n) is 6.19. The molecule has 1 aromatic heterocycles. The minimum atomic E-state index is 0.372. The van der Waals surface area contributed by atoms with Crippen molar-refractivity contribution in [3.63, 3.8) is 0 Å². The fraction of sp³-hybridized carbons (Fsp3) is 0.471. The average Bonchev–Trinajstić information content (AvgIpc) is 2.68. The van der Waals surface area contributed by atoms with E-state index >= 15 is 0 Å². The highest BCUT2D eigenvalue weighted by molar-refractivity contribution is 5.41. The summed E-state index contributed by atoms with van der Waals surface area (Å²) in [5.41, 5.74) is 2.73. The third-order valence-electron chi connectivity index (χ3n) is 3.23. The van der Waals surface area contributed by atoms with Gasteiger partial charge in [-0.2, -0.15) is 5.10 Å². The van der Waals surface area contributed by atoms with Crippen molar-refractivity contribution in [2.45, 2.75) is 40.5 Å². The first kappa shape index (κ1) is 14.6. The van der Waals surface area contributed by atoms with Crippen LogP contribution in [0.1, 0.15) is 39.1 Å². The number of hydrogen-bond donors (Lipinski definition) is 1. The summed E-state index contributed by atoms with van der Waals surface area (Å²) in [6.45, 7) is 8.60. The van der Waals surface area contributed by atoms with Gasteiger partial charge in [-0.1, -0.05) is 45.9 Å². The molecule has 0 aliphatic rings. The molecule has 0 saturated heterocycles. The number of rotatable bonds is 5. The van der Waals surface area contributed by atoms with Crippen molar-refractivity contribution in [3.8, 4) is 11.4 Å². The molecule has 2 aromatic rings. The van der Waals surface area contributed by atoms with Gasteiger partial charge in [0.15, 0.2) is 5.75 Å². The zero-order chi connectivity index (χ0) is 14.7. The van der Waals surface area contributed by atoms with E-state index in [0.29, 0.717) is 17.6 Å². The number of hydrogen-bond acceptors (Lipinski definition) is 2. The molecule has 0 fully saturated rings. The molecule has 0 bridgehead atoms. The first-order chi connectivity index (χ1) is 9.49. The first-order valence-electron chi connectivity index (χ1n) is 7.34. The number of aromatic nitrogens is 2. The maximum Gasteiger partial charge on any atom is 0.160 e. The smallest absolute Gasteiger partial charge is 0.160 e. The standard InChI is InChI=1S/C17H24N2O/c1-12(2)10-15-17(20)16(11-13(3)4)19(18-15)14-8-6-5-7-9-14/h5-9,12-13,20H,10-11H2,1-4H3. The van der Waals surface area contributed by atoms with Gasteiger partial charge in [0.1, 0.15) is 5.69 Å². The van der Waals surface area contributed by atoms with E-state index in [-0.39, 0.29) is 0 Å². The topological polar surface area (TPSA) is 38.0 Å². The highest BCUT2D eigenvalue weighted by Gasteiger charge is 2.19. The van der Waals surface area contributed by atoms with Gasteiger partial charge >= 0.3 is 0 Å². The van der Waals surface area contributed by atoms with Crippen LogP contribution >= 0.6 is 0 Å². The van der Waals surface area contributed by atoms with Crippen LogP contribution in [-0.2, 0) is 12.8 Å². The molecule has 0 aliphatic heterocycles. The molecule has 0 aliphatic carbocycles. The van der Waals surface area contributed by atoms with Crippen molar-refractivity contribution >= 4 is 0 Å². The van der Waals surface area contributed by atoms with Crippen LogP contribution in [0.2, 0.25) is 0 Å². The summed E-state index contributed by atoms with van der Waals surface area (Å²) in [5.74, 6) is 1.33. The Bertz CT molecular complexity index is 556. The second kappa shape index (κ2) is 6.12. The first-order valence-corrected chi connectivity index (χ1v) is 7.34. The summed E-state index contributed by atoms with van der Waals surface area (Å²) in [4.78, 5) is 0. The van der Waals surface area contributed by atoms with Crippen molar-refractivity contribution in [2.24, 2.45) is 11.8 Å². The number of nitrogens with zero attached hydrogens (tertiary/aromatic N) is 2. The molecule has 1 N–H and O–H groups in total. The van der Waals surface area contributed by atoms with Crippen LogP contribution in [0.5, 0.6) is 5.75 Å². The Balaban J connectivity index is 2.48. The molecular formula is C17H24N2O. The molecule has 1 aromatic carbocycles. The predicted octanol–water partition coefficient (Wildman–Crippen LogP) is 3.97. The lowest BCUT2D eigenvalue weighted by atomic mass is 10.0. The van der Waals surface area contributed by atoms with E-state index in [1.54, 1.807) is 0 Å². The molecule has 0 amide bonds. The van der Waals surface area contributed by atoms with Crippen LogP contribution in [0.4, 0.5) is 0 Å². The maximum atomic E-state index is 10.5. The summed E-state index contributed by atoms with van der Waals surface area (Å²) < 4.78 is 1.90.